The van der Waals surface area contributed by atoms with Crippen molar-refractivity contribution in [3.05, 3.63) is 58.5 Å². The van der Waals surface area contributed by atoms with Crippen molar-refractivity contribution in [1.29, 1.82) is 0 Å². The lowest BCUT2D eigenvalue weighted by Crippen LogP contribution is -2.41. The highest BCUT2D eigenvalue weighted by Gasteiger charge is 2.37. The van der Waals surface area contributed by atoms with Crippen LogP contribution in [0.15, 0.2) is 34.9 Å². The quantitative estimate of drug-likeness (QED) is 0.889. The van der Waals surface area contributed by atoms with E-state index >= 15 is 0 Å². The lowest BCUT2D eigenvalue weighted by atomic mass is 9.70. The Morgan fingerprint density at radius 1 is 1.32 bits per heavy atom. The SMILES string of the molecule is Cc1coc(CC(=O)O)c1C(=O)NC1c2ccccc2CCC1(C)C. The van der Waals surface area contributed by atoms with E-state index in [0.717, 1.165) is 18.4 Å². The molecule has 0 fully saturated rings. The molecule has 5 nitrogen and oxygen atoms in total. The van der Waals surface area contributed by atoms with Gasteiger partial charge in [-0.25, -0.2) is 0 Å². The molecule has 1 aromatic carbocycles. The van der Waals surface area contributed by atoms with Crippen LogP contribution >= 0.6 is 0 Å². The molecule has 0 spiro atoms. The van der Waals surface area contributed by atoms with Gasteiger partial charge in [-0.2, -0.15) is 0 Å². The fraction of sp³-hybridized carbons (Fsp3) is 0.400. The average molecular weight is 341 g/mol. The van der Waals surface area contributed by atoms with Crippen LogP contribution in [-0.2, 0) is 17.6 Å². The summed E-state index contributed by atoms with van der Waals surface area (Å²) >= 11 is 0. The summed E-state index contributed by atoms with van der Waals surface area (Å²) in [5.41, 5.74) is 3.28. The van der Waals surface area contributed by atoms with E-state index in [9.17, 15) is 9.59 Å². The Kier molecular flexibility index (Phi) is 4.41. The van der Waals surface area contributed by atoms with Gasteiger partial charge in [0, 0.05) is 5.56 Å². The monoisotopic (exact) mass is 341 g/mol. The number of aliphatic carboxylic acids is 1. The molecule has 0 bridgehead atoms. The summed E-state index contributed by atoms with van der Waals surface area (Å²) in [5.74, 6) is -1.10. The van der Waals surface area contributed by atoms with Crippen LogP contribution < -0.4 is 5.32 Å². The first-order valence-corrected chi connectivity index (χ1v) is 8.47. The van der Waals surface area contributed by atoms with Crippen molar-refractivity contribution in [3.8, 4) is 0 Å². The van der Waals surface area contributed by atoms with Crippen LogP contribution in [-0.4, -0.2) is 17.0 Å². The minimum absolute atomic E-state index is 0.0887. The van der Waals surface area contributed by atoms with E-state index in [1.54, 1.807) is 6.92 Å². The summed E-state index contributed by atoms with van der Waals surface area (Å²) in [6, 6.07) is 8.03. The molecule has 1 aromatic heterocycles. The predicted octanol–water partition coefficient (Wildman–Crippen LogP) is 3.66. The standard InChI is InChI=1S/C20H23NO4/c1-12-11-25-15(10-16(22)23)17(12)19(24)21-18-14-7-5-4-6-13(14)8-9-20(18,2)3/h4-7,11,18H,8-10H2,1-3H3,(H,21,24)(H,22,23). The van der Waals surface area contributed by atoms with E-state index in [0.29, 0.717) is 11.1 Å². The number of amides is 1. The molecular weight excluding hydrogens is 318 g/mol. The van der Waals surface area contributed by atoms with E-state index in [-0.39, 0.29) is 29.5 Å². The van der Waals surface area contributed by atoms with Crippen LogP contribution in [0.4, 0.5) is 0 Å². The third kappa shape index (κ3) is 3.31. The summed E-state index contributed by atoms with van der Waals surface area (Å²) < 4.78 is 5.30. The van der Waals surface area contributed by atoms with Crippen LogP contribution in [0.3, 0.4) is 0 Å². The first kappa shape index (κ1) is 17.3. The molecule has 132 valence electrons. The molecule has 1 atom stereocenters. The molecule has 5 heteroatoms. The first-order chi connectivity index (χ1) is 11.8. The van der Waals surface area contributed by atoms with Crippen molar-refractivity contribution in [3.63, 3.8) is 0 Å². The second-order valence-electron chi connectivity index (χ2n) is 7.38. The minimum Gasteiger partial charge on any atom is -0.481 e. The van der Waals surface area contributed by atoms with Gasteiger partial charge in [0.2, 0.25) is 0 Å². The number of aryl methyl sites for hydroxylation is 2. The second-order valence-corrected chi connectivity index (χ2v) is 7.38. The molecule has 1 heterocycles. The number of nitrogens with one attached hydrogen (secondary N) is 1. The Labute approximate surface area is 147 Å². The maximum atomic E-state index is 12.9. The van der Waals surface area contributed by atoms with Gasteiger partial charge in [0.1, 0.15) is 12.2 Å². The van der Waals surface area contributed by atoms with Gasteiger partial charge in [0.15, 0.2) is 0 Å². The van der Waals surface area contributed by atoms with Crippen molar-refractivity contribution in [2.45, 2.75) is 46.1 Å². The zero-order chi connectivity index (χ0) is 18.2. The summed E-state index contributed by atoms with van der Waals surface area (Å²) in [4.78, 5) is 23.9. The Morgan fingerprint density at radius 2 is 2.04 bits per heavy atom. The Bertz CT molecular complexity index is 819. The minimum atomic E-state index is -1.02. The molecule has 2 N–H and O–H groups in total. The zero-order valence-corrected chi connectivity index (χ0v) is 14.8. The molecule has 1 amide bonds. The van der Waals surface area contributed by atoms with Gasteiger partial charge in [-0.3, -0.25) is 9.59 Å². The van der Waals surface area contributed by atoms with Crippen LogP contribution in [0.5, 0.6) is 0 Å². The Hall–Kier alpha value is -2.56. The molecule has 0 aliphatic heterocycles. The van der Waals surface area contributed by atoms with Gasteiger partial charge >= 0.3 is 5.97 Å². The van der Waals surface area contributed by atoms with Gasteiger partial charge in [0.25, 0.3) is 5.91 Å². The van der Waals surface area contributed by atoms with Crippen molar-refractivity contribution in [1.82, 2.24) is 5.32 Å². The van der Waals surface area contributed by atoms with Gasteiger partial charge in [-0.1, -0.05) is 38.1 Å². The molecular formula is C20H23NO4. The number of hydrogen-bond donors (Lipinski definition) is 2. The molecule has 2 aromatic rings. The lowest BCUT2D eigenvalue weighted by Gasteiger charge is -2.40. The maximum Gasteiger partial charge on any atom is 0.311 e. The fourth-order valence-corrected chi connectivity index (χ4v) is 3.61. The first-order valence-electron chi connectivity index (χ1n) is 8.47. The summed E-state index contributed by atoms with van der Waals surface area (Å²) in [6.45, 7) is 6.05. The number of carbonyl (C=O) groups is 2. The smallest absolute Gasteiger partial charge is 0.311 e. The average Bonchev–Trinajstić information content (AvgIpc) is 2.90. The van der Waals surface area contributed by atoms with E-state index in [1.165, 1.54) is 11.8 Å². The number of carbonyl (C=O) groups excluding carboxylic acids is 1. The normalized spacial score (nSPS) is 18.4. The Morgan fingerprint density at radius 3 is 2.76 bits per heavy atom. The van der Waals surface area contributed by atoms with Gasteiger partial charge in [0.05, 0.1) is 17.9 Å². The maximum absolute atomic E-state index is 12.9. The number of furan rings is 1. The molecule has 1 aliphatic carbocycles. The lowest BCUT2D eigenvalue weighted by molar-refractivity contribution is -0.136. The molecule has 0 saturated heterocycles. The number of carboxylic acids is 1. The third-order valence-electron chi connectivity index (χ3n) is 5.05. The van der Waals surface area contributed by atoms with Crippen molar-refractivity contribution >= 4 is 11.9 Å². The van der Waals surface area contributed by atoms with E-state index < -0.39 is 5.97 Å². The number of carboxylic acid groups (broad SMARTS) is 1. The predicted molar refractivity (Wildman–Crippen MR) is 93.5 cm³/mol. The van der Waals surface area contributed by atoms with Crippen LogP contribution in [0.25, 0.3) is 0 Å². The second kappa shape index (κ2) is 6.39. The highest BCUT2D eigenvalue weighted by Crippen LogP contribution is 2.43. The van der Waals surface area contributed by atoms with Gasteiger partial charge in [-0.05, 0) is 36.3 Å². The highest BCUT2D eigenvalue weighted by molar-refractivity contribution is 5.97. The fourth-order valence-electron chi connectivity index (χ4n) is 3.61. The summed E-state index contributed by atoms with van der Waals surface area (Å²) in [5, 5.41) is 12.2. The van der Waals surface area contributed by atoms with Crippen molar-refractivity contribution < 1.29 is 19.1 Å². The molecule has 1 unspecified atom stereocenters. The largest absolute Gasteiger partial charge is 0.481 e. The summed E-state index contributed by atoms with van der Waals surface area (Å²) in [7, 11) is 0. The topological polar surface area (TPSA) is 79.5 Å². The van der Waals surface area contributed by atoms with Crippen LogP contribution in [0.2, 0.25) is 0 Å². The summed E-state index contributed by atoms with van der Waals surface area (Å²) in [6.07, 6.45) is 3.10. The number of fused-ring (bicyclic) bond motifs is 1. The van der Waals surface area contributed by atoms with Crippen molar-refractivity contribution in [2.75, 3.05) is 0 Å². The molecule has 0 radical (unpaired) electrons. The number of hydrogen-bond acceptors (Lipinski definition) is 3. The van der Waals surface area contributed by atoms with Crippen molar-refractivity contribution in [2.24, 2.45) is 5.41 Å². The molecule has 0 saturated carbocycles. The zero-order valence-electron chi connectivity index (χ0n) is 14.8. The molecule has 25 heavy (non-hydrogen) atoms. The third-order valence-corrected chi connectivity index (χ3v) is 5.05. The van der Waals surface area contributed by atoms with E-state index in [2.05, 4.69) is 31.3 Å². The van der Waals surface area contributed by atoms with Crippen LogP contribution in [0, 0.1) is 12.3 Å². The van der Waals surface area contributed by atoms with Gasteiger partial charge in [-0.15, -0.1) is 0 Å². The number of rotatable bonds is 4. The Balaban J connectivity index is 1.93. The number of benzene rings is 1. The van der Waals surface area contributed by atoms with Crippen LogP contribution in [0.1, 0.15) is 59.1 Å². The van der Waals surface area contributed by atoms with Gasteiger partial charge < -0.3 is 14.8 Å². The molecule has 3 rings (SSSR count). The highest BCUT2D eigenvalue weighted by atomic mass is 16.4. The van der Waals surface area contributed by atoms with E-state index in [4.69, 9.17) is 9.52 Å². The molecule has 1 aliphatic rings. The van der Waals surface area contributed by atoms with E-state index in [1.807, 2.05) is 12.1 Å².